The smallest absolute Gasteiger partial charge is 0.418 e. The number of nitrogens with two attached hydrogens (primary N) is 1. The van der Waals surface area contributed by atoms with Crippen LogP contribution in [0.3, 0.4) is 0 Å². The second kappa shape index (κ2) is 4.51. The SMILES string of the molecule is CCC(C)(C(=O)O)c1cccc(C(F)(F)F)c1N. The van der Waals surface area contributed by atoms with E-state index in [4.69, 9.17) is 10.8 Å². The number of aliphatic carboxylic acids is 1. The molecule has 0 fully saturated rings. The zero-order chi connectivity index (χ0) is 14.1. The first-order valence-corrected chi connectivity index (χ1v) is 5.34. The third-order valence-corrected chi connectivity index (χ3v) is 3.19. The molecule has 0 aliphatic heterocycles. The minimum Gasteiger partial charge on any atom is -0.481 e. The number of hydrogen-bond acceptors (Lipinski definition) is 2. The van der Waals surface area contributed by atoms with Gasteiger partial charge in [0.2, 0.25) is 0 Å². The van der Waals surface area contributed by atoms with E-state index in [0.29, 0.717) is 0 Å². The summed E-state index contributed by atoms with van der Waals surface area (Å²) >= 11 is 0. The van der Waals surface area contributed by atoms with Crippen molar-refractivity contribution >= 4 is 11.7 Å². The van der Waals surface area contributed by atoms with Gasteiger partial charge >= 0.3 is 12.1 Å². The molecule has 1 atom stereocenters. The van der Waals surface area contributed by atoms with Crippen molar-refractivity contribution in [1.29, 1.82) is 0 Å². The number of rotatable bonds is 3. The topological polar surface area (TPSA) is 63.3 Å². The van der Waals surface area contributed by atoms with E-state index >= 15 is 0 Å². The van der Waals surface area contributed by atoms with Gasteiger partial charge in [-0.2, -0.15) is 13.2 Å². The van der Waals surface area contributed by atoms with Gasteiger partial charge in [0.1, 0.15) is 0 Å². The van der Waals surface area contributed by atoms with Crippen LogP contribution < -0.4 is 5.73 Å². The lowest BCUT2D eigenvalue weighted by atomic mass is 9.78. The quantitative estimate of drug-likeness (QED) is 0.822. The maximum absolute atomic E-state index is 12.7. The van der Waals surface area contributed by atoms with Crippen LogP contribution >= 0.6 is 0 Å². The molecule has 0 aliphatic rings. The van der Waals surface area contributed by atoms with E-state index in [1.54, 1.807) is 6.92 Å². The molecule has 1 aromatic carbocycles. The van der Waals surface area contributed by atoms with Crippen LogP contribution in [-0.4, -0.2) is 11.1 Å². The lowest BCUT2D eigenvalue weighted by molar-refractivity contribution is -0.143. The van der Waals surface area contributed by atoms with Gasteiger partial charge < -0.3 is 10.8 Å². The van der Waals surface area contributed by atoms with Gasteiger partial charge in [0.25, 0.3) is 0 Å². The van der Waals surface area contributed by atoms with Crippen molar-refractivity contribution in [1.82, 2.24) is 0 Å². The van der Waals surface area contributed by atoms with E-state index < -0.39 is 28.8 Å². The third-order valence-electron chi connectivity index (χ3n) is 3.19. The maximum atomic E-state index is 12.7. The zero-order valence-corrected chi connectivity index (χ0v) is 10.0. The lowest BCUT2D eigenvalue weighted by Gasteiger charge is -2.26. The van der Waals surface area contributed by atoms with Crippen LogP contribution in [0, 0.1) is 0 Å². The minimum absolute atomic E-state index is 0.00711. The van der Waals surface area contributed by atoms with Crippen molar-refractivity contribution < 1.29 is 23.1 Å². The molecule has 0 aliphatic carbocycles. The fourth-order valence-corrected chi connectivity index (χ4v) is 1.75. The largest absolute Gasteiger partial charge is 0.481 e. The molecule has 18 heavy (non-hydrogen) atoms. The second-order valence-corrected chi connectivity index (χ2v) is 4.26. The van der Waals surface area contributed by atoms with Crippen LogP contribution in [0.4, 0.5) is 18.9 Å². The standard InChI is InChI=1S/C12H14F3NO2/c1-3-11(2,10(17)18)7-5-4-6-8(9(7)16)12(13,14)15/h4-6H,3,16H2,1-2H3,(H,17,18). The van der Waals surface area contributed by atoms with E-state index in [-0.39, 0.29) is 12.0 Å². The number of alkyl halides is 3. The number of halogens is 3. The number of nitrogen functional groups attached to an aromatic ring is 1. The monoisotopic (exact) mass is 261 g/mol. The van der Waals surface area contributed by atoms with E-state index in [1.807, 2.05) is 0 Å². The number of carboxylic acid groups (broad SMARTS) is 1. The predicted octanol–water partition coefficient (Wildman–Crippen LogP) is 3.04. The van der Waals surface area contributed by atoms with Crippen molar-refractivity contribution in [2.75, 3.05) is 5.73 Å². The third kappa shape index (κ3) is 2.27. The number of hydrogen-bond donors (Lipinski definition) is 2. The molecule has 100 valence electrons. The summed E-state index contributed by atoms with van der Waals surface area (Å²) in [6.07, 6.45) is -4.44. The highest BCUT2D eigenvalue weighted by Crippen LogP contribution is 2.40. The average Bonchev–Trinajstić information content (AvgIpc) is 2.26. The second-order valence-electron chi connectivity index (χ2n) is 4.26. The fraction of sp³-hybridized carbons (Fsp3) is 0.417. The Morgan fingerprint density at radius 2 is 1.83 bits per heavy atom. The molecule has 0 heterocycles. The highest BCUT2D eigenvalue weighted by molar-refractivity contribution is 5.83. The summed E-state index contributed by atoms with van der Waals surface area (Å²) in [6.45, 7) is 2.95. The number of carboxylic acids is 1. The van der Waals surface area contributed by atoms with Crippen LogP contribution in [0.5, 0.6) is 0 Å². The Balaban J connectivity index is 3.49. The summed E-state index contributed by atoms with van der Waals surface area (Å²) in [5.74, 6) is -1.20. The number of anilines is 1. The first kappa shape index (κ1) is 14.3. The number of carbonyl (C=O) groups is 1. The van der Waals surface area contributed by atoms with Crippen LogP contribution in [0.1, 0.15) is 31.4 Å². The molecule has 1 rings (SSSR count). The Bertz CT molecular complexity index is 471. The maximum Gasteiger partial charge on any atom is 0.418 e. The molecule has 0 spiro atoms. The van der Waals surface area contributed by atoms with E-state index in [0.717, 1.165) is 6.07 Å². The van der Waals surface area contributed by atoms with Crippen molar-refractivity contribution in [2.45, 2.75) is 31.9 Å². The van der Waals surface area contributed by atoms with Gasteiger partial charge in [0, 0.05) is 5.69 Å². The zero-order valence-electron chi connectivity index (χ0n) is 10.0. The summed E-state index contributed by atoms with van der Waals surface area (Å²) in [6, 6.07) is 3.34. The summed E-state index contributed by atoms with van der Waals surface area (Å²) < 4.78 is 38.1. The Kier molecular flexibility index (Phi) is 3.59. The molecule has 0 aromatic heterocycles. The van der Waals surface area contributed by atoms with Crippen molar-refractivity contribution in [2.24, 2.45) is 0 Å². The molecule has 0 amide bonds. The van der Waals surface area contributed by atoms with Crippen LogP contribution in [0.25, 0.3) is 0 Å². The number of para-hydroxylation sites is 1. The first-order valence-electron chi connectivity index (χ1n) is 5.34. The summed E-state index contributed by atoms with van der Waals surface area (Å²) in [5, 5.41) is 9.17. The molecule has 3 nitrogen and oxygen atoms in total. The molecular formula is C12H14F3NO2. The van der Waals surface area contributed by atoms with Crippen LogP contribution in [0.2, 0.25) is 0 Å². The Morgan fingerprint density at radius 3 is 2.22 bits per heavy atom. The predicted molar refractivity (Wildman–Crippen MR) is 61.1 cm³/mol. The van der Waals surface area contributed by atoms with Gasteiger partial charge in [-0.15, -0.1) is 0 Å². The van der Waals surface area contributed by atoms with Crippen molar-refractivity contribution in [3.8, 4) is 0 Å². The highest BCUT2D eigenvalue weighted by atomic mass is 19.4. The van der Waals surface area contributed by atoms with E-state index in [1.165, 1.54) is 19.1 Å². The van der Waals surface area contributed by atoms with Crippen molar-refractivity contribution in [3.05, 3.63) is 29.3 Å². The Morgan fingerprint density at radius 1 is 1.33 bits per heavy atom. The van der Waals surface area contributed by atoms with Gasteiger partial charge in [0.15, 0.2) is 0 Å². The summed E-state index contributed by atoms with van der Waals surface area (Å²) in [5.41, 5.74) is 2.54. The molecule has 0 saturated heterocycles. The first-order chi connectivity index (χ1) is 8.14. The molecule has 1 aromatic rings. The Labute approximate surface area is 102 Å². The molecule has 6 heteroatoms. The average molecular weight is 261 g/mol. The normalized spacial score (nSPS) is 15.2. The molecule has 0 radical (unpaired) electrons. The molecule has 1 unspecified atom stereocenters. The Hall–Kier alpha value is -1.72. The van der Waals surface area contributed by atoms with Gasteiger partial charge in [0.05, 0.1) is 11.0 Å². The van der Waals surface area contributed by atoms with Gasteiger partial charge in [-0.1, -0.05) is 19.1 Å². The highest BCUT2D eigenvalue weighted by Gasteiger charge is 2.39. The minimum atomic E-state index is -4.59. The van der Waals surface area contributed by atoms with Crippen LogP contribution in [0.15, 0.2) is 18.2 Å². The molecule has 3 N–H and O–H groups in total. The van der Waals surface area contributed by atoms with Crippen molar-refractivity contribution in [3.63, 3.8) is 0 Å². The van der Waals surface area contributed by atoms with Gasteiger partial charge in [-0.05, 0) is 25.0 Å². The summed E-state index contributed by atoms with van der Waals surface area (Å²) in [7, 11) is 0. The molecule has 0 saturated carbocycles. The number of benzene rings is 1. The lowest BCUT2D eigenvalue weighted by Crippen LogP contribution is -2.33. The van der Waals surface area contributed by atoms with E-state index in [2.05, 4.69) is 0 Å². The van der Waals surface area contributed by atoms with E-state index in [9.17, 15) is 18.0 Å². The van der Waals surface area contributed by atoms with Gasteiger partial charge in [-0.3, -0.25) is 4.79 Å². The fourth-order valence-electron chi connectivity index (χ4n) is 1.75. The van der Waals surface area contributed by atoms with Crippen LogP contribution in [-0.2, 0) is 16.4 Å². The van der Waals surface area contributed by atoms with Gasteiger partial charge in [-0.25, -0.2) is 0 Å². The molecular weight excluding hydrogens is 247 g/mol. The summed E-state index contributed by atoms with van der Waals surface area (Å²) in [4.78, 5) is 11.2. The molecule has 0 bridgehead atoms.